The Hall–Kier alpha value is -1.45. The van der Waals surface area contributed by atoms with E-state index < -0.39 is 5.79 Å². The SMILES string of the molecule is C[C@H]1C=CC[C@@H]2[C@H]1C(=O)c1ccccc1C21OCC(C)(C)CO1. The van der Waals surface area contributed by atoms with Crippen molar-refractivity contribution in [2.24, 2.45) is 23.2 Å². The van der Waals surface area contributed by atoms with Gasteiger partial charge in [0.05, 0.1) is 13.2 Å². The minimum absolute atomic E-state index is 0.00721. The molecule has 1 spiro atoms. The fraction of sp³-hybridized carbons (Fsp3) is 0.550. The molecule has 0 amide bonds. The van der Waals surface area contributed by atoms with Crippen LogP contribution in [0.2, 0.25) is 0 Å². The summed E-state index contributed by atoms with van der Waals surface area (Å²) in [6.45, 7) is 7.73. The minimum Gasteiger partial charge on any atom is -0.345 e. The van der Waals surface area contributed by atoms with Gasteiger partial charge >= 0.3 is 0 Å². The van der Waals surface area contributed by atoms with Crippen LogP contribution in [0.15, 0.2) is 36.4 Å². The van der Waals surface area contributed by atoms with Crippen molar-refractivity contribution in [3.8, 4) is 0 Å². The van der Waals surface area contributed by atoms with E-state index in [0.29, 0.717) is 13.2 Å². The van der Waals surface area contributed by atoms with Crippen molar-refractivity contribution in [2.45, 2.75) is 33.0 Å². The number of carbonyl (C=O) groups excluding carboxylic acids is 1. The molecule has 3 nitrogen and oxygen atoms in total. The summed E-state index contributed by atoms with van der Waals surface area (Å²) in [6.07, 6.45) is 5.17. The van der Waals surface area contributed by atoms with Crippen molar-refractivity contribution >= 4 is 5.78 Å². The molecular formula is C20H24O3. The van der Waals surface area contributed by atoms with Gasteiger partial charge in [-0.3, -0.25) is 4.79 Å². The van der Waals surface area contributed by atoms with Crippen molar-refractivity contribution in [1.29, 1.82) is 0 Å². The lowest BCUT2D eigenvalue weighted by atomic mass is 9.63. The number of benzene rings is 1. The highest BCUT2D eigenvalue weighted by atomic mass is 16.7. The molecule has 1 aromatic rings. The van der Waals surface area contributed by atoms with Crippen LogP contribution in [0.3, 0.4) is 0 Å². The van der Waals surface area contributed by atoms with E-state index >= 15 is 0 Å². The van der Waals surface area contributed by atoms with Crippen LogP contribution in [0.25, 0.3) is 0 Å². The van der Waals surface area contributed by atoms with Gasteiger partial charge in [0.2, 0.25) is 0 Å². The molecule has 1 aliphatic heterocycles. The number of allylic oxidation sites excluding steroid dienone is 2. The molecule has 0 bridgehead atoms. The molecule has 0 radical (unpaired) electrons. The van der Waals surface area contributed by atoms with Crippen molar-refractivity contribution in [1.82, 2.24) is 0 Å². The van der Waals surface area contributed by atoms with Crippen LogP contribution in [-0.4, -0.2) is 19.0 Å². The monoisotopic (exact) mass is 312 g/mol. The van der Waals surface area contributed by atoms with Crippen molar-refractivity contribution in [3.63, 3.8) is 0 Å². The molecule has 0 N–H and O–H groups in total. The summed E-state index contributed by atoms with van der Waals surface area (Å²) in [6, 6.07) is 7.83. The first-order valence-electron chi connectivity index (χ1n) is 8.53. The van der Waals surface area contributed by atoms with E-state index in [0.717, 1.165) is 17.5 Å². The first kappa shape index (κ1) is 15.1. The topological polar surface area (TPSA) is 35.5 Å². The largest absolute Gasteiger partial charge is 0.345 e. The number of carbonyl (C=O) groups is 1. The van der Waals surface area contributed by atoms with Gasteiger partial charge in [0.1, 0.15) is 0 Å². The summed E-state index contributed by atoms with van der Waals surface area (Å²) in [5.41, 5.74) is 1.70. The Morgan fingerprint density at radius 3 is 2.57 bits per heavy atom. The van der Waals surface area contributed by atoms with Gasteiger partial charge in [-0.25, -0.2) is 0 Å². The summed E-state index contributed by atoms with van der Waals surface area (Å²) < 4.78 is 12.8. The van der Waals surface area contributed by atoms with Gasteiger partial charge in [0.25, 0.3) is 0 Å². The number of Topliss-reactive ketones (excluding diaryl/α,β-unsaturated/α-hetero) is 1. The van der Waals surface area contributed by atoms with E-state index in [4.69, 9.17) is 9.47 Å². The number of fused-ring (bicyclic) bond motifs is 4. The second-order valence-electron chi connectivity index (χ2n) is 7.97. The fourth-order valence-electron chi connectivity index (χ4n) is 4.32. The highest BCUT2D eigenvalue weighted by Gasteiger charge is 2.57. The zero-order valence-electron chi connectivity index (χ0n) is 14.0. The molecule has 0 saturated carbocycles. The average molecular weight is 312 g/mol. The predicted octanol–water partition coefficient (Wildman–Crippen LogP) is 3.94. The Balaban J connectivity index is 1.87. The normalized spacial score (nSPS) is 34.0. The Morgan fingerprint density at radius 2 is 1.83 bits per heavy atom. The maximum absolute atomic E-state index is 13.1. The standard InChI is InChI=1S/C20H24O3/c1-13-7-6-10-16-17(13)18(21)14-8-4-5-9-15(14)20(16)22-11-19(2,3)12-23-20/h4-9,13,16-17H,10-12H2,1-3H3/t13-,16+,17-/m0/s1. The maximum Gasteiger partial charge on any atom is 0.199 e. The van der Waals surface area contributed by atoms with Crippen LogP contribution in [0.1, 0.15) is 43.1 Å². The molecular weight excluding hydrogens is 288 g/mol. The third-order valence-corrected chi connectivity index (χ3v) is 5.54. The van der Waals surface area contributed by atoms with Gasteiger partial charge in [0, 0.05) is 28.4 Å². The Bertz CT molecular complexity index is 663. The zero-order chi connectivity index (χ0) is 16.2. The lowest BCUT2D eigenvalue weighted by molar-refractivity contribution is -0.340. The lowest BCUT2D eigenvalue weighted by Crippen LogP contribution is -2.57. The van der Waals surface area contributed by atoms with E-state index in [2.05, 4.69) is 32.9 Å². The van der Waals surface area contributed by atoms with E-state index in [1.807, 2.05) is 24.3 Å². The Morgan fingerprint density at radius 1 is 1.13 bits per heavy atom. The molecule has 122 valence electrons. The predicted molar refractivity (Wildman–Crippen MR) is 88.0 cm³/mol. The summed E-state index contributed by atoms with van der Waals surface area (Å²) in [7, 11) is 0. The minimum atomic E-state index is -0.774. The number of hydrogen-bond acceptors (Lipinski definition) is 3. The van der Waals surface area contributed by atoms with Crippen molar-refractivity contribution < 1.29 is 14.3 Å². The molecule has 1 aromatic carbocycles. The van der Waals surface area contributed by atoms with Crippen LogP contribution >= 0.6 is 0 Å². The zero-order valence-corrected chi connectivity index (χ0v) is 14.0. The van der Waals surface area contributed by atoms with Gasteiger partial charge in [-0.2, -0.15) is 0 Å². The smallest absolute Gasteiger partial charge is 0.199 e. The van der Waals surface area contributed by atoms with Crippen molar-refractivity contribution in [3.05, 3.63) is 47.5 Å². The van der Waals surface area contributed by atoms with Gasteiger partial charge in [-0.15, -0.1) is 0 Å². The molecule has 1 heterocycles. The molecule has 0 aromatic heterocycles. The van der Waals surface area contributed by atoms with Crippen LogP contribution < -0.4 is 0 Å². The maximum atomic E-state index is 13.1. The second-order valence-corrected chi connectivity index (χ2v) is 7.97. The van der Waals surface area contributed by atoms with E-state index in [9.17, 15) is 4.79 Å². The lowest BCUT2D eigenvalue weighted by Gasteiger charge is -2.53. The molecule has 23 heavy (non-hydrogen) atoms. The van der Waals surface area contributed by atoms with E-state index in [-0.39, 0.29) is 29.0 Å². The third kappa shape index (κ3) is 2.14. The molecule has 3 heteroatoms. The molecule has 3 atom stereocenters. The number of rotatable bonds is 0. The fourth-order valence-corrected chi connectivity index (χ4v) is 4.32. The van der Waals surface area contributed by atoms with Crippen LogP contribution in [-0.2, 0) is 15.3 Å². The average Bonchev–Trinajstić information content (AvgIpc) is 2.54. The van der Waals surface area contributed by atoms with Crippen LogP contribution in [0, 0.1) is 23.2 Å². The van der Waals surface area contributed by atoms with Gasteiger partial charge in [-0.1, -0.05) is 57.2 Å². The summed E-state index contributed by atoms with van der Waals surface area (Å²) in [4.78, 5) is 13.1. The number of hydrogen-bond donors (Lipinski definition) is 0. The first-order valence-corrected chi connectivity index (χ1v) is 8.53. The molecule has 1 fully saturated rings. The second kappa shape index (κ2) is 5.02. The number of ketones is 1. The molecule has 0 unspecified atom stereocenters. The van der Waals surface area contributed by atoms with Gasteiger partial charge < -0.3 is 9.47 Å². The molecule has 4 rings (SSSR count). The van der Waals surface area contributed by atoms with E-state index in [1.54, 1.807) is 0 Å². The van der Waals surface area contributed by atoms with Gasteiger partial charge in [-0.05, 0) is 12.3 Å². The van der Waals surface area contributed by atoms with Gasteiger partial charge in [0.15, 0.2) is 11.6 Å². The van der Waals surface area contributed by atoms with Crippen molar-refractivity contribution in [2.75, 3.05) is 13.2 Å². The highest BCUT2D eigenvalue weighted by molar-refractivity contribution is 6.01. The van der Waals surface area contributed by atoms with Crippen LogP contribution in [0.4, 0.5) is 0 Å². The third-order valence-electron chi connectivity index (χ3n) is 5.54. The first-order chi connectivity index (χ1) is 10.9. The van der Waals surface area contributed by atoms with E-state index in [1.165, 1.54) is 0 Å². The summed E-state index contributed by atoms with van der Waals surface area (Å²) in [5.74, 6) is -0.320. The quantitative estimate of drug-likeness (QED) is 0.681. The Labute approximate surface area is 137 Å². The molecule has 3 aliphatic rings. The summed E-state index contributed by atoms with van der Waals surface area (Å²) >= 11 is 0. The Kier molecular flexibility index (Phi) is 3.30. The molecule has 2 aliphatic carbocycles. The molecule has 1 saturated heterocycles. The summed E-state index contributed by atoms with van der Waals surface area (Å²) in [5, 5.41) is 0. The van der Waals surface area contributed by atoms with Crippen LogP contribution in [0.5, 0.6) is 0 Å². The highest BCUT2D eigenvalue weighted by Crippen LogP contribution is 2.54. The number of ether oxygens (including phenoxy) is 2.